The summed E-state index contributed by atoms with van der Waals surface area (Å²) in [6.07, 6.45) is 1.35. The Morgan fingerprint density at radius 2 is 2.18 bits per heavy atom. The van der Waals surface area contributed by atoms with E-state index in [1.54, 1.807) is 0 Å². The standard InChI is InChI=1S/C9H18BrN/c1-8-6-9(2,3)11(7-8)5-4-10/h8H,4-7H2,1-3H3. The maximum absolute atomic E-state index is 3.49. The van der Waals surface area contributed by atoms with Crippen molar-refractivity contribution in [1.82, 2.24) is 4.90 Å². The molecule has 11 heavy (non-hydrogen) atoms. The van der Waals surface area contributed by atoms with Gasteiger partial charge in [-0.05, 0) is 26.2 Å². The van der Waals surface area contributed by atoms with E-state index < -0.39 is 0 Å². The molecule has 0 aromatic heterocycles. The van der Waals surface area contributed by atoms with Gasteiger partial charge in [0.25, 0.3) is 0 Å². The van der Waals surface area contributed by atoms with Crippen molar-refractivity contribution in [3.05, 3.63) is 0 Å². The van der Waals surface area contributed by atoms with Crippen LogP contribution >= 0.6 is 15.9 Å². The maximum atomic E-state index is 3.49. The second kappa shape index (κ2) is 3.44. The van der Waals surface area contributed by atoms with Gasteiger partial charge in [-0.25, -0.2) is 0 Å². The summed E-state index contributed by atoms with van der Waals surface area (Å²) in [4.78, 5) is 2.58. The number of nitrogens with zero attached hydrogens (tertiary/aromatic N) is 1. The molecule has 0 aromatic carbocycles. The first-order chi connectivity index (χ1) is 5.06. The van der Waals surface area contributed by atoms with E-state index in [4.69, 9.17) is 0 Å². The number of hydrogen-bond donors (Lipinski definition) is 0. The minimum Gasteiger partial charge on any atom is -0.297 e. The summed E-state index contributed by atoms with van der Waals surface area (Å²) < 4.78 is 0. The van der Waals surface area contributed by atoms with Gasteiger partial charge in [-0.1, -0.05) is 22.9 Å². The van der Waals surface area contributed by atoms with Gasteiger partial charge in [0.05, 0.1) is 0 Å². The van der Waals surface area contributed by atoms with Crippen molar-refractivity contribution in [2.24, 2.45) is 5.92 Å². The predicted octanol–water partition coefficient (Wildman–Crippen LogP) is 2.50. The van der Waals surface area contributed by atoms with E-state index >= 15 is 0 Å². The summed E-state index contributed by atoms with van der Waals surface area (Å²) in [6.45, 7) is 9.50. The zero-order chi connectivity index (χ0) is 8.48. The van der Waals surface area contributed by atoms with Crippen LogP contribution in [0.3, 0.4) is 0 Å². The quantitative estimate of drug-likeness (QED) is 0.646. The van der Waals surface area contributed by atoms with E-state index in [2.05, 4.69) is 41.6 Å². The second-order valence-corrected chi connectivity index (χ2v) is 5.05. The van der Waals surface area contributed by atoms with Crippen LogP contribution in [-0.4, -0.2) is 28.9 Å². The van der Waals surface area contributed by atoms with Gasteiger partial charge in [-0.2, -0.15) is 0 Å². The van der Waals surface area contributed by atoms with E-state index in [0.29, 0.717) is 5.54 Å². The Hall–Kier alpha value is 0.440. The van der Waals surface area contributed by atoms with Gasteiger partial charge in [0.2, 0.25) is 0 Å². The third-order valence-corrected chi connectivity index (χ3v) is 2.95. The molecule has 0 radical (unpaired) electrons. The molecular formula is C9H18BrN. The lowest BCUT2D eigenvalue weighted by Crippen LogP contribution is -2.39. The van der Waals surface area contributed by atoms with E-state index in [-0.39, 0.29) is 0 Å². The molecule has 1 aliphatic heterocycles. The fourth-order valence-electron chi connectivity index (χ4n) is 2.17. The molecule has 1 saturated heterocycles. The largest absolute Gasteiger partial charge is 0.297 e. The zero-order valence-electron chi connectivity index (χ0n) is 7.73. The third-order valence-electron chi connectivity index (χ3n) is 2.59. The number of likely N-dealkylation sites (tertiary alicyclic amines) is 1. The molecule has 66 valence electrons. The molecular weight excluding hydrogens is 202 g/mol. The highest BCUT2D eigenvalue weighted by Gasteiger charge is 2.35. The van der Waals surface area contributed by atoms with Crippen molar-refractivity contribution in [2.75, 3.05) is 18.4 Å². The van der Waals surface area contributed by atoms with Gasteiger partial charge >= 0.3 is 0 Å². The smallest absolute Gasteiger partial charge is 0.0159 e. The Labute approximate surface area is 78.3 Å². The molecule has 1 unspecified atom stereocenters. The maximum Gasteiger partial charge on any atom is 0.0159 e. The van der Waals surface area contributed by atoms with Crippen molar-refractivity contribution in [2.45, 2.75) is 32.7 Å². The summed E-state index contributed by atoms with van der Waals surface area (Å²) in [7, 11) is 0. The molecule has 1 nitrogen and oxygen atoms in total. The lowest BCUT2D eigenvalue weighted by atomic mass is 9.98. The van der Waals surface area contributed by atoms with Gasteiger partial charge in [0, 0.05) is 24.0 Å². The van der Waals surface area contributed by atoms with Crippen molar-refractivity contribution in [3.63, 3.8) is 0 Å². The first-order valence-electron chi connectivity index (χ1n) is 4.37. The molecule has 1 atom stereocenters. The van der Waals surface area contributed by atoms with Crippen LogP contribution in [0.1, 0.15) is 27.2 Å². The average Bonchev–Trinajstić information content (AvgIpc) is 2.07. The van der Waals surface area contributed by atoms with E-state index in [9.17, 15) is 0 Å². The van der Waals surface area contributed by atoms with Crippen LogP contribution in [0.4, 0.5) is 0 Å². The van der Waals surface area contributed by atoms with E-state index in [1.165, 1.54) is 19.5 Å². The lowest BCUT2D eigenvalue weighted by molar-refractivity contribution is 0.186. The van der Waals surface area contributed by atoms with Gasteiger partial charge in [0.15, 0.2) is 0 Å². The molecule has 1 rings (SSSR count). The SMILES string of the molecule is CC1CN(CCBr)C(C)(C)C1. The Morgan fingerprint density at radius 1 is 1.55 bits per heavy atom. The molecule has 1 aliphatic rings. The Kier molecular flexibility index (Phi) is 2.98. The summed E-state index contributed by atoms with van der Waals surface area (Å²) >= 11 is 3.49. The normalized spacial score (nSPS) is 31.1. The van der Waals surface area contributed by atoms with Crippen molar-refractivity contribution in [3.8, 4) is 0 Å². The van der Waals surface area contributed by atoms with Crippen LogP contribution in [0.25, 0.3) is 0 Å². The molecule has 0 bridgehead atoms. The minimum absolute atomic E-state index is 0.438. The summed E-state index contributed by atoms with van der Waals surface area (Å²) in [5.41, 5.74) is 0.438. The topological polar surface area (TPSA) is 3.24 Å². The number of hydrogen-bond acceptors (Lipinski definition) is 1. The highest BCUT2D eigenvalue weighted by Crippen LogP contribution is 2.31. The lowest BCUT2D eigenvalue weighted by Gasteiger charge is -2.30. The second-order valence-electron chi connectivity index (χ2n) is 4.26. The van der Waals surface area contributed by atoms with Gasteiger partial charge in [0.1, 0.15) is 0 Å². The van der Waals surface area contributed by atoms with Crippen LogP contribution < -0.4 is 0 Å². The van der Waals surface area contributed by atoms with Gasteiger partial charge < -0.3 is 0 Å². The monoisotopic (exact) mass is 219 g/mol. The Morgan fingerprint density at radius 3 is 2.55 bits per heavy atom. The Balaban J connectivity index is 2.51. The molecule has 0 N–H and O–H groups in total. The van der Waals surface area contributed by atoms with Crippen LogP contribution in [0.2, 0.25) is 0 Å². The highest BCUT2D eigenvalue weighted by molar-refractivity contribution is 9.09. The first kappa shape index (κ1) is 9.53. The minimum atomic E-state index is 0.438. The fourth-order valence-corrected chi connectivity index (χ4v) is 2.59. The van der Waals surface area contributed by atoms with Crippen LogP contribution in [-0.2, 0) is 0 Å². The Bertz CT molecular complexity index is 134. The summed E-state index contributed by atoms with van der Waals surface area (Å²) in [6, 6.07) is 0. The number of halogens is 1. The average molecular weight is 220 g/mol. The predicted molar refractivity (Wildman–Crippen MR) is 53.2 cm³/mol. The molecule has 0 amide bonds. The van der Waals surface area contributed by atoms with Crippen molar-refractivity contribution in [1.29, 1.82) is 0 Å². The molecule has 2 heteroatoms. The fraction of sp³-hybridized carbons (Fsp3) is 1.00. The van der Waals surface area contributed by atoms with E-state index in [1.807, 2.05) is 0 Å². The summed E-state index contributed by atoms with van der Waals surface area (Å²) in [5.74, 6) is 0.879. The van der Waals surface area contributed by atoms with E-state index in [0.717, 1.165) is 11.2 Å². The third kappa shape index (κ3) is 2.19. The van der Waals surface area contributed by atoms with Crippen LogP contribution in [0.5, 0.6) is 0 Å². The first-order valence-corrected chi connectivity index (χ1v) is 5.49. The molecule has 1 fully saturated rings. The van der Waals surface area contributed by atoms with Gasteiger partial charge in [-0.15, -0.1) is 0 Å². The highest BCUT2D eigenvalue weighted by atomic mass is 79.9. The van der Waals surface area contributed by atoms with Gasteiger partial charge in [-0.3, -0.25) is 4.90 Å². The number of alkyl halides is 1. The molecule has 1 heterocycles. The zero-order valence-corrected chi connectivity index (χ0v) is 9.32. The van der Waals surface area contributed by atoms with Crippen LogP contribution in [0, 0.1) is 5.92 Å². The molecule has 0 saturated carbocycles. The molecule has 0 aromatic rings. The van der Waals surface area contributed by atoms with Crippen molar-refractivity contribution >= 4 is 15.9 Å². The van der Waals surface area contributed by atoms with Crippen molar-refractivity contribution < 1.29 is 0 Å². The molecule has 0 aliphatic carbocycles. The number of rotatable bonds is 2. The molecule has 0 spiro atoms. The summed E-state index contributed by atoms with van der Waals surface area (Å²) in [5, 5.41) is 1.10. The van der Waals surface area contributed by atoms with Crippen LogP contribution in [0.15, 0.2) is 0 Å².